The highest BCUT2D eigenvalue weighted by Crippen LogP contribution is 2.37. The summed E-state index contributed by atoms with van der Waals surface area (Å²) in [5.41, 5.74) is 0. The van der Waals surface area contributed by atoms with Crippen molar-refractivity contribution in [3.8, 4) is 0 Å². The van der Waals surface area contributed by atoms with Crippen LogP contribution in [0.5, 0.6) is 0 Å². The molecule has 0 radical (unpaired) electrons. The zero-order valence-electron chi connectivity index (χ0n) is 8.80. The zero-order chi connectivity index (χ0) is 12.3. The van der Waals surface area contributed by atoms with Crippen molar-refractivity contribution in [2.75, 3.05) is 5.33 Å². The van der Waals surface area contributed by atoms with E-state index >= 15 is 0 Å². The van der Waals surface area contributed by atoms with Crippen molar-refractivity contribution in [1.82, 2.24) is 0 Å². The summed E-state index contributed by atoms with van der Waals surface area (Å²) in [5, 5.41) is 1.06. The number of allylic oxidation sites excluding steroid dienone is 1. The molecular weight excluding hydrogens is 386 g/mol. The fraction of sp³-hybridized carbons (Fsp3) is 0.800. The molecule has 0 fully saturated rings. The van der Waals surface area contributed by atoms with E-state index in [4.69, 9.17) is 34.8 Å². The van der Waals surface area contributed by atoms with Gasteiger partial charge in [-0.15, -0.1) is 23.2 Å². The number of alkyl halides is 4. The van der Waals surface area contributed by atoms with Gasteiger partial charge < -0.3 is 0 Å². The van der Waals surface area contributed by atoms with Crippen molar-refractivity contribution < 1.29 is 0 Å². The van der Waals surface area contributed by atoms with Crippen LogP contribution in [-0.4, -0.2) is 19.9 Å². The van der Waals surface area contributed by atoms with E-state index in [0.717, 1.165) is 12.8 Å². The Labute approximate surface area is 124 Å². The lowest BCUT2D eigenvalue weighted by Crippen LogP contribution is -2.30. The molecule has 0 aliphatic carbocycles. The van der Waals surface area contributed by atoms with E-state index in [1.807, 2.05) is 13.8 Å². The van der Waals surface area contributed by atoms with E-state index in [-0.39, 0.29) is 9.70 Å². The van der Waals surface area contributed by atoms with E-state index in [1.165, 1.54) is 0 Å². The topological polar surface area (TPSA) is 0 Å². The Kier molecular flexibility index (Phi) is 7.17. The fourth-order valence-corrected chi connectivity index (χ4v) is 2.36. The zero-order valence-corrected chi connectivity index (χ0v) is 14.2. The van der Waals surface area contributed by atoms with Crippen LogP contribution in [0.25, 0.3) is 0 Å². The van der Waals surface area contributed by atoms with Gasteiger partial charge in [0, 0.05) is 15.2 Å². The molecule has 0 rings (SSSR count). The van der Waals surface area contributed by atoms with E-state index in [2.05, 4.69) is 38.4 Å². The Balaban J connectivity index is 4.31. The van der Waals surface area contributed by atoms with Crippen LogP contribution >= 0.6 is 66.7 Å². The normalized spacial score (nSPS) is 18.3. The monoisotopic (exact) mass is 398 g/mol. The van der Waals surface area contributed by atoms with E-state index in [1.54, 1.807) is 0 Å². The highest BCUT2D eigenvalue weighted by atomic mass is 79.9. The molecule has 0 aliphatic rings. The smallest absolute Gasteiger partial charge is 0.0891 e. The van der Waals surface area contributed by atoms with Crippen LogP contribution < -0.4 is 0 Å². The number of rotatable bonds is 6. The third-order valence-electron chi connectivity index (χ3n) is 2.24. The third-order valence-corrected chi connectivity index (χ3v) is 6.66. The highest BCUT2D eigenvalue weighted by Gasteiger charge is 2.32. The van der Waals surface area contributed by atoms with Crippen molar-refractivity contribution in [3.63, 3.8) is 0 Å². The molecule has 90 valence electrons. The summed E-state index contributed by atoms with van der Waals surface area (Å²) in [6.07, 6.45) is 1.57. The van der Waals surface area contributed by atoms with E-state index in [9.17, 15) is 0 Å². The first kappa shape index (κ1) is 16.6. The lowest BCUT2D eigenvalue weighted by atomic mass is 9.98. The summed E-state index contributed by atoms with van der Waals surface area (Å²) < 4.78 is 0. The van der Waals surface area contributed by atoms with E-state index < -0.39 is 4.87 Å². The highest BCUT2D eigenvalue weighted by molar-refractivity contribution is 9.09. The number of halogens is 5. The molecule has 0 saturated carbocycles. The second-order valence-corrected chi connectivity index (χ2v) is 7.89. The van der Waals surface area contributed by atoms with Gasteiger partial charge in [0.1, 0.15) is 0 Å². The summed E-state index contributed by atoms with van der Waals surface area (Å²) in [4.78, 5) is -0.687. The van der Waals surface area contributed by atoms with Gasteiger partial charge in [-0.2, -0.15) is 0 Å². The van der Waals surface area contributed by atoms with Gasteiger partial charge in [0.05, 0.1) is 9.75 Å². The summed E-state index contributed by atoms with van der Waals surface area (Å²) in [7, 11) is 0. The molecule has 15 heavy (non-hydrogen) atoms. The van der Waals surface area contributed by atoms with Crippen LogP contribution in [0.2, 0.25) is 0 Å². The SMILES string of the molecule is C=C(Cl)[C@@](Cl)(CBr)CC[C@H](Br)C(C)(C)Cl. The maximum atomic E-state index is 6.31. The molecule has 0 amide bonds. The maximum Gasteiger partial charge on any atom is 0.0891 e. The Bertz CT molecular complexity index is 225. The number of hydrogen-bond acceptors (Lipinski definition) is 0. The first-order chi connectivity index (χ1) is 6.63. The number of hydrogen-bond donors (Lipinski definition) is 0. The molecule has 0 spiro atoms. The molecule has 5 heteroatoms. The van der Waals surface area contributed by atoms with E-state index in [0.29, 0.717) is 10.4 Å². The van der Waals surface area contributed by atoms with Crippen molar-refractivity contribution in [2.24, 2.45) is 0 Å². The Morgan fingerprint density at radius 2 is 1.87 bits per heavy atom. The Morgan fingerprint density at radius 3 is 2.13 bits per heavy atom. The lowest BCUT2D eigenvalue weighted by Gasteiger charge is -2.28. The largest absolute Gasteiger partial charge is 0.119 e. The van der Waals surface area contributed by atoms with Gasteiger partial charge in [0.25, 0.3) is 0 Å². The Morgan fingerprint density at radius 1 is 1.40 bits per heavy atom. The molecule has 0 bridgehead atoms. The van der Waals surface area contributed by atoms with Crippen molar-refractivity contribution in [1.29, 1.82) is 0 Å². The van der Waals surface area contributed by atoms with Gasteiger partial charge in [0.15, 0.2) is 0 Å². The van der Waals surface area contributed by atoms with Crippen molar-refractivity contribution in [2.45, 2.75) is 41.3 Å². The maximum absolute atomic E-state index is 6.31. The van der Waals surface area contributed by atoms with Gasteiger partial charge in [-0.3, -0.25) is 0 Å². The molecule has 0 aromatic rings. The second kappa shape index (κ2) is 6.49. The standard InChI is InChI=1S/C10H15Br2Cl3/c1-7(13)10(15,6-11)5-4-8(12)9(2,3)14/h8H,1,4-6H2,2-3H3/t8-,10-/m0/s1. The minimum atomic E-state index is -0.588. The van der Waals surface area contributed by atoms with Crippen LogP contribution in [0.1, 0.15) is 26.7 Å². The first-order valence-electron chi connectivity index (χ1n) is 4.56. The molecule has 2 atom stereocenters. The van der Waals surface area contributed by atoms with Crippen molar-refractivity contribution in [3.05, 3.63) is 11.6 Å². The van der Waals surface area contributed by atoms with Crippen LogP contribution in [0, 0.1) is 0 Å². The van der Waals surface area contributed by atoms with Gasteiger partial charge in [-0.05, 0) is 26.7 Å². The van der Waals surface area contributed by atoms with Crippen LogP contribution in [0.3, 0.4) is 0 Å². The minimum Gasteiger partial charge on any atom is -0.119 e. The van der Waals surface area contributed by atoms with Gasteiger partial charge >= 0.3 is 0 Å². The quantitative estimate of drug-likeness (QED) is 0.503. The molecule has 0 unspecified atom stereocenters. The fourth-order valence-electron chi connectivity index (χ4n) is 0.974. The predicted octanol–water partition coefficient (Wildman–Crippen LogP) is 5.67. The Hall–Kier alpha value is 1.57. The first-order valence-corrected chi connectivity index (χ1v) is 7.73. The summed E-state index contributed by atoms with van der Waals surface area (Å²) in [5.74, 6) is 0. The second-order valence-electron chi connectivity index (χ2n) is 4.07. The summed E-state index contributed by atoms with van der Waals surface area (Å²) in [6, 6.07) is 0. The molecule has 0 aromatic heterocycles. The predicted molar refractivity (Wildman–Crippen MR) is 79.3 cm³/mol. The minimum absolute atomic E-state index is 0.194. The summed E-state index contributed by atoms with van der Waals surface area (Å²) >= 11 is 25.3. The molecule has 0 aliphatic heterocycles. The van der Waals surface area contributed by atoms with Gasteiger partial charge in [-0.25, -0.2) is 0 Å². The van der Waals surface area contributed by atoms with Crippen LogP contribution in [0.4, 0.5) is 0 Å². The third kappa shape index (κ3) is 5.63. The molecule has 0 aromatic carbocycles. The lowest BCUT2D eigenvalue weighted by molar-refractivity contribution is 0.559. The molecule has 0 heterocycles. The average Bonchev–Trinajstić information content (AvgIpc) is 2.11. The van der Waals surface area contributed by atoms with Crippen LogP contribution in [0.15, 0.2) is 11.6 Å². The van der Waals surface area contributed by atoms with Gasteiger partial charge in [0.2, 0.25) is 0 Å². The van der Waals surface area contributed by atoms with Crippen molar-refractivity contribution >= 4 is 66.7 Å². The average molecular weight is 401 g/mol. The molecular formula is C10H15Br2Cl3. The molecule has 0 saturated heterocycles. The molecule has 0 nitrogen and oxygen atoms in total. The van der Waals surface area contributed by atoms with Crippen LogP contribution in [-0.2, 0) is 0 Å². The molecule has 0 N–H and O–H groups in total. The van der Waals surface area contributed by atoms with Gasteiger partial charge in [-0.1, -0.05) is 50.0 Å². The summed E-state index contributed by atoms with van der Waals surface area (Å²) in [6.45, 7) is 7.62.